The number of hydrogen-bond acceptors (Lipinski definition) is 9. The molecule has 1 aliphatic rings. The van der Waals surface area contributed by atoms with Gasteiger partial charge in [-0.2, -0.15) is 13.2 Å². The van der Waals surface area contributed by atoms with E-state index >= 15 is 0 Å². The van der Waals surface area contributed by atoms with Crippen molar-refractivity contribution in [1.82, 2.24) is 26.8 Å². The van der Waals surface area contributed by atoms with Crippen molar-refractivity contribution in [2.24, 2.45) is 5.73 Å². The molecule has 0 saturated carbocycles. The van der Waals surface area contributed by atoms with E-state index in [0.29, 0.717) is 5.56 Å². The van der Waals surface area contributed by atoms with Gasteiger partial charge in [-0.25, -0.2) is 15.6 Å². The van der Waals surface area contributed by atoms with Crippen LogP contribution < -0.4 is 32.5 Å². The lowest BCUT2D eigenvalue weighted by Crippen LogP contribution is -2.48. The molecule has 0 radical (unpaired) electrons. The number of hydrogen-bond donors (Lipinski definition) is 6. The Bertz CT molecular complexity index is 1260. The van der Waals surface area contributed by atoms with E-state index in [-0.39, 0.29) is 76.9 Å². The van der Waals surface area contributed by atoms with E-state index in [1.807, 2.05) is 6.07 Å². The van der Waals surface area contributed by atoms with E-state index < -0.39 is 35.8 Å². The summed E-state index contributed by atoms with van der Waals surface area (Å²) in [5.74, 6) is -1.45. The molecule has 3 rings (SSSR count). The molecule has 0 bridgehead atoms. The van der Waals surface area contributed by atoms with Crippen molar-refractivity contribution in [2.45, 2.75) is 43.8 Å². The first kappa shape index (κ1) is 35.2. The lowest BCUT2D eigenvalue weighted by atomic mass is 10.0. The largest absolute Gasteiger partial charge is 0.445 e. The fraction of sp³-hybridized carbons (Fsp3) is 0.448. The Morgan fingerprint density at radius 2 is 1.47 bits per heavy atom. The van der Waals surface area contributed by atoms with Gasteiger partial charge in [0.15, 0.2) is 0 Å². The van der Waals surface area contributed by atoms with E-state index in [2.05, 4.69) is 26.8 Å². The van der Waals surface area contributed by atoms with Gasteiger partial charge in [0, 0.05) is 19.5 Å². The summed E-state index contributed by atoms with van der Waals surface area (Å²) in [5.41, 5.74) is 8.54. The molecule has 246 valence electrons. The SMILES string of the molecule is NC(=O)CCC(NC(=O)OCc1ccccc1)C(=O)NCCOCCOCCNC(=O)Cc1ccc(C2(C(F)(F)F)NN2)cc1. The molecule has 2 aromatic rings. The molecule has 0 spiro atoms. The standard InChI is InChI=1S/C29H37F3N6O7/c30-29(31,32)28(37-38-28)22-8-6-20(7-9-22)18-25(40)34-12-14-43-16-17-44-15-13-35-26(41)23(10-11-24(33)39)36-27(42)45-19-21-4-2-1-3-5-21/h1-9,23,37-38H,10-19H2,(H2,33,39)(H,34,40)(H,35,41)(H,36,42). The number of alkyl carbamates (subject to hydrolysis) is 1. The van der Waals surface area contributed by atoms with Gasteiger partial charge in [0.05, 0.1) is 32.8 Å². The molecule has 1 aliphatic heterocycles. The highest BCUT2D eigenvalue weighted by Crippen LogP contribution is 2.41. The van der Waals surface area contributed by atoms with E-state index in [4.69, 9.17) is 19.9 Å². The molecule has 13 nitrogen and oxygen atoms in total. The second-order valence-corrected chi connectivity index (χ2v) is 10.0. The molecular formula is C29H37F3N6O7. The number of rotatable bonds is 19. The van der Waals surface area contributed by atoms with E-state index in [0.717, 1.165) is 5.56 Å². The quantitative estimate of drug-likeness (QED) is 0.0954. The normalized spacial score (nSPS) is 14.2. The minimum atomic E-state index is -4.50. The van der Waals surface area contributed by atoms with Crippen LogP contribution in [0.25, 0.3) is 0 Å². The van der Waals surface area contributed by atoms with Crippen LogP contribution in [0.1, 0.15) is 29.5 Å². The Labute approximate surface area is 257 Å². The number of ether oxygens (including phenoxy) is 3. The molecule has 1 fully saturated rings. The summed E-state index contributed by atoms with van der Waals surface area (Å²) < 4.78 is 55.4. The summed E-state index contributed by atoms with van der Waals surface area (Å²) in [7, 11) is 0. The number of primary amides is 1. The number of carbonyl (C=O) groups excluding carboxylic acids is 4. The highest BCUT2D eigenvalue weighted by atomic mass is 19.4. The predicted molar refractivity (Wildman–Crippen MR) is 154 cm³/mol. The summed E-state index contributed by atoms with van der Waals surface area (Å²) in [4.78, 5) is 48.0. The first-order valence-electron chi connectivity index (χ1n) is 14.2. The number of carbonyl (C=O) groups is 4. The molecule has 0 aromatic heterocycles. The van der Waals surface area contributed by atoms with Gasteiger partial charge in [0.25, 0.3) is 0 Å². The molecular weight excluding hydrogens is 601 g/mol. The number of benzene rings is 2. The van der Waals surface area contributed by atoms with Crippen molar-refractivity contribution in [3.05, 3.63) is 71.3 Å². The van der Waals surface area contributed by atoms with E-state index in [9.17, 15) is 32.3 Å². The smallest absolute Gasteiger partial charge is 0.426 e. The molecule has 0 aliphatic carbocycles. The zero-order valence-corrected chi connectivity index (χ0v) is 24.4. The lowest BCUT2D eigenvalue weighted by molar-refractivity contribution is -0.165. The molecule has 1 unspecified atom stereocenters. The highest BCUT2D eigenvalue weighted by Gasteiger charge is 2.65. The number of halogens is 3. The van der Waals surface area contributed by atoms with Gasteiger partial charge in [-0.3, -0.25) is 14.4 Å². The van der Waals surface area contributed by atoms with Gasteiger partial charge < -0.3 is 35.9 Å². The maximum atomic E-state index is 13.1. The van der Waals surface area contributed by atoms with Crippen molar-refractivity contribution >= 4 is 23.8 Å². The van der Waals surface area contributed by atoms with Crippen LogP contribution in [-0.2, 0) is 47.3 Å². The zero-order chi connectivity index (χ0) is 32.7. The number of hydrazine groups is 1. The van der Waals surface area contributed by atoms with Gasteiger partial charge in [-0.05, 0) is 23.1 Å². The topological polar surface area (TPSA) is 202 Å². The van der Waals surface area contributed by atoms with Gasteiger partial charge in [0.1, 0.15) is 12.6 Å². The fourth-order valence-corrected chi connectivity index (χ4v) is 4.05. The van der Waals surface area contributed by atoms with Gasteiger partial charge in [-0.15, -0.1) is 0 Å². The van der Waals surface area contributed by atoms with Crippen LogP contribution in [0.15, 0.2) is 54.6 Å². The first-order chi connectivity index (χ1) is 21.5. The molecule has 4 amide bonds. The molecule has 1 heterocycles. The predicted octanol–water partition coefficient (Wildman–Crippen LogP) is 0.878. The van der Waals surface area contributed by atoms with Crippen LogP contribution in [0.5, 0.6) is 0 Å². The minimum Gasteiger partial charge on any atom is -0.445 e. The number of nitrogens with two attached hydrogens (primary N) is 1. The second-order valence-electron chi connectivity index (χ2n) is 10.0. The Balaban J connectivity index is 1.22. The number of nitrogens with one attached hydrogen (secondary N) is 5. The molecule has 16 heteroatoms. The van der Waals surface area contributed by atoms with E-state index in [1.165, 1.54) is 24.3 Å². The monoisotopic (exact) mass is 638 g/mol. The third kappa shape index (κ3) is 12.0. The molecule has 45 heavy (non-hydrogen) atoms. The second kappa shape index (κ2) is 17.3. The summed E-state index contributed by atoms with van der Waals surface area (Å²) in [5, 5.41) is 7.73. The maximum Gasteiger partial charge on any atom is 0.426 e. The van der Waals surface area contributed by atoms with Crippen molar-refractivity contribution < 1.29 is 46.6 Å². The Morgan fingerprint density at radius 1 is 0.844 bits per heavy atom. The summed E-state index contributed by atoms with van der Waals surface area (Å²) in [6, 6.07) is 13.5. The van der Waals surface area contributed by atoms with Crippen LogP contribution in [0.3, 0.4) is 0 Å². The summed E-state index contributed by atoms with van der Waals surface area (Å²) in [6.45, 7) is 1.19. The third-order valence-electron chi connectivity index (χ3n) is 6.54. The molecule has 1 saturated heterocycles. The van der Waals surface area contributed by atoms with Gasteiger partial charge in [-0.1, -0.05) is 54.6 Å². The average molecular weight is 639 g/mol. The van der Waals surface area contributed by atoms with Crippen molar-refractivity contribution in [1.29, 1.82) is 0 Å². The van der Waals surface area contributed by atoms with Gasteiger partial charge >= 0.3 is 12.3 Å². The summed E-state index contributed by atoms with van der Waals surface area (Å²) >= 11 is 0. The molecule has 1 atom stereocenters. The Morgan fingerprint density at radius 3 is 2.04 bits per heavy atom. The maximum absolute atomic E-state index is 13.1. The van der Waals surface area contributed by atoms with Crippen LogP contribution in [0.4, 0.5) is 18.0 Å². The average Bonchev–Trinajstić information content (AvgIpc) is 3.82. The number of amides is 4. The van der Waals surface area contributed by atoms with Crippen LogP contribution >= 0.6 is 0 Å². The summed E-state index contributed by atoms with van der Waals surface area (Å²) in [6.07, 6.45) is -5.42. The van der Waals surface area contributed by atoms with Crippen LogP contribution in [0, 0.1) is 0 Å². The molecule has 2 aromatic carbocycles. The lowest BCUT2D eigenvalue weighted by Gasteiger charge is -2.18. The Hall–Kier alpha value is -4.25. The molecule has 7 N–H and O–H groups in total. The van der Waals surface area contributed by atoms with Crippen LogP contribution in [0.2, 0.25) is 0 Å². The zero-order valence-electron chi connectivity index (χ0n) is 24.4. The van der Waals surface area contributed by atoms with Gasteiger partial charge in [0.2, 0.25) is 23.4 Å². The van der Waals surface area contributed by atoms with Crippen molar-refractivity contribution in [3.63, 3.8) is 0 Å². The first-order valence-corrected chi connectivity index (χ1v) is 14.2. The Kier molecular flexibility index (Phi) is 13.5. The number of alkyl halides is 3. The highest BCUT2D eigenvalue weighted by molar-refractivity contribution is 5.86. The minimum absolute atomic E-state index is 0.00274. The fourth-order valence-electron chi connectivity index (χ4n) is 4.05. The van der Waals surface area contributed by atoms with Crippen LogP contribution in [-0.4, -0.2) is 75.5 Å². The third-order valence-corrected chi connectivity index (χ3v) is 6.54. The van der Waals surface area contributed by atoms with E-state index in [1.54, 1.807) is 24.3 Å². The van der Waals surface area contributed by atoms with Crippen molar-refractivity contribution in [3.8, 4) is 0 Å². The van der Waals surface area contributed by atoms with Crippen molar-refractivity contribution in [2.75, 3.05) is 39.5 Å².